The van der Waals surface area contributed by atoms with E-state index < -0.39 is 23.8 Å². The lowest BCUT2D eigenvalue weighted by molar-refractivity contribution is -0.148. The Morgan fingerprint density at radius 2 is 1.58 bits per heavy atom. The van der Waals surface area contributed by atoms with Crippen molar-refractivity contribution in [2.24, 2.45) is 0 Å². The SMILES string of the molecule is C[C@H](C(=O)OCCOc1ccc(Cl)cc1)N1C(=O)c2ccccc2C1=O. The van der Waals surface area contributed by atoms with E-state index in [1.165, 1.54) is 6.92 Å². The molecule has 0 N–H and O–H groups in total. The predicted molar refractivity (Wildman–Crippen MR) is 94.3 cm³/mol. The average molecular weight is 374 g/mol. The number of carbonyl (C=O) groups excluding carboxylic acids is 3. The molecule has 0 unspecified atom stereocenters. The Hall–Kier alpha value is -2.86. The summed E-state index contributed by atoms with van der Waals surface area (Å²) in [6.45, 7) is 1.60. The molecule has 6 nitrogen and oxygen atoms in total. The van der Waals surface area contributed by atoms with Crippen molar-refractivity contribution < 1.29 is 23.9 Å². The maximum Gasteiger partial charge on any atom is 0.329 e. The van der Waals surface area contributed by atoms with E-state index in [9.17, 15) is 14.4 Å². The highest BCUT2D eigenvalue weighted by Gasteiger charge is 2.41. The molecule has 1 aliphatic rings. The van der Waals surface area contributed by atoms with Gasteiger partial charge < -0.3 is 9.47 Å². The summed E-state index contributed by atoms with van der Waals surface area (Å²) in [7, 11) is 0. The average Bonchev–Trinajstić information content (AvgIpc) is 2.90. The number of hydrogen-bond acceptors (Lipinski definition) is 5. The summed E-state index contributed by atoms with van der Waals surface area (Å²) < 4.78 is 10.5. The summed E-state index contributed by atoms with van der Waals surface area (Å²) >= 11 is 5.78. The summed E-state index contributed by atoms with van der Waals surface area (Å²) in [4.78, 5) is 37.8. The van der Waals surface area contributed by atoms with Crippen LogP contribution in [-0.2, 0) is 9.53 Å². The summed E-state index contributed by atoms with van der Waals surface area (Å²) in [5, 5.41) is 0.596. The third-order valence-electron chi connectivity index (χ3n) is 3.96. The number of imide groups is 1. The molecule has 1 heterocycles. The lowest BCUT2D eigenvalue weighted by Crippen LogP contribution is -2.44. The lowest BCUT2D eigenvalue weighted by Gasteiger charge is -2.20. The number of ether oxygens (including phenoxy) is 2. The van der Waals surface area contributed by atoms with Crippen molar-refractivity contribution in [2.75, 3.05) is 13.2 Å². The van der Waals surface area contributed by atoms with Crippen LogP contribution in [-0.4, -0.2) is 41.9 Å². The first-order valence-corrected chi connectivity index (χ1v) is 8.39. The van der Waals surface area contributed by atoms with E-state index in [0.29, 0.717) is 21.9 Å². The molecular formula is C19H16ClNO5. The zero-order valence-electron chi connectivity index (χ0n) is 14.0. The maximum absolute atomic E-state index is 12.4. The Morgan fingerprint density at radius 1 is 1.00 bits per heavy atom. The minimum absolute atomic E-state index is 0.00499. The van der Waals surface area contributed by atoms with Gasteiger partial charge in [0.25, 0.3) is 11.8 Å². The van der Waals surface area contributed by atoms with Gasteiger partial charge in [0.2, 0.25) is 0 Å². The van der Waals surface area contributed by atoms with Gasteiger partial charge in [-0.05, 0) is 43.3 Å². The number of halogens is 1. The minimum Gasteiger partial charge on any atom is -0.490 e. The summed E-state index contributed by atoms with van der Waals surface area (Å²) in [5.41, 5.74) is 0.589. The quantitative estimate of drug-likeness (QED) is 0.442. The van der Waals surface area contributed by atoms with Crippen LogP contribution in [0.15, 0.2) is 48.5 Å². The Morgan fingerprint density at radius 3 is 2.15 bits per heavy atom. The van der Waals surface area contributed by atoms with Gasteiger partial charge in [-0.15, -0.1) is 0 Å². The van der Waals surface area contributed by atoms with Gasteiger partial charge in [-0.3, -0.25) is 14.5 Å². The molecule has 134 valence electrons. The molecule has 0 bridgehead atoms. The molecule has 0 aromatic heterocycles. The number of nitrogens with zero attached hydrogens (tertiary/aromatic N) is 1. The third-order valence-corrected chi connectivity index (χ3v) is 4.22. The van der Waals surface area contributed by atoms with E-state index in [1.54, 1.807) is 48.5 Å². The topological polar surface area (TPSA) is 72.9 Å². The first kappa shape index (κ1) is 17.9. The summed E-state index contributed by atoms with van der Waals surface area (Å²) in [6.07, 6.45) is 0. The molecule has 0 fully saturated rings. The second kappa shape index (κ2) is 7.58. The standard InChI is InChI=1S/C19H16ClNO5/c1-12(21-17(22)15-4-2-3-5-16(15)18(21)23)19(24)26-11-10-25-14-8-6-13(20)7-9-14/h2-9,12H,10-11H2,1H3/t12-/m1/s1. The van der Waals surface area contributed by atoms with Crippen molar-refractivity contribution in [3.63, 3.8) is 0 Å². The van der Waals surface area contributed by atoms with Crippen molar-refractivity contribution >= 4 is 29.4 Å². The highest BCUT2D eigenvalue weighted by atomic mass is 35.5. The normalized spacial score (nSPS) is 14.2. The van der Waals surface area contributed by atoms with Gasteiger partial charge in [0, 0.05) is 5.02 Å². The van der Waals surface area contributed by atoms with Gasteiger partial charge in [0.1, 0.15) is 25.0 Å². The highest BCUT2D eigenvalue weighted by Crippen LogP contribution is 2.24. The first-order chi connectivity index (χ1) is 12.5. The van der Waals surface area contributed by atoms with Gasteiger partial charge in [0.05, 0.1) is 11.1 Å². The van der Waals surface area contributed by atoms with Crippen molar-refractivity contribution in [3.8, 4) is 5.75 Å². The Balaban J connectivity index is 1.53. The fraction of sp³-hybridized carbons (Fsp3) is 0.211. The molecule has 2 aromatic rings. The molecule has 0 saturated heterocycles. The molecule has 0 spiro atoms. The largest absolute Gasteiger partial charge is 0.490 e. The molecule has 0 saturated carbocycles. The van der Waals surface area contributed by atoms with E-state index >= 15 is 0 Å². The second-order valence-corrected chi connectivity index (χ2v) is 6.11. The van der Waals surface area contributed by atoms with E-state index in [4.69, 9.17) is 21.1 Å². The van der Waals surface area contributed by atoms with Gasteiger partial charge in [-0.25, -0.2) is 4.79 Å². The smallest absolute Gasteiger partial charge is 0.329 e. The Labute approximate surface area is 155 Å². The zero-order chi connectivity index (χ0) is 18.7. The molecule has 7 heteroatoms. The van der Waals surface area contributed by atoms with Crippen LogP contribution >= 0.6 is 11.6 Å². The van der Waals surface area contributed by atoms with Crippen LogP contribution in [0.5, 0.6) is 5.75 Å². The third kappa shape index (κ3) is 3.55. The van der Waals surface area contributed by atoms with Crippen molar-refractivity contribution in [3.05, 3.63) is 64.7 Å². The molecule has 1 atom stereocenters. The Bertz CT molecular complexity index is 814. The molecule has 26 heavy (non-hydrogen) atoms. The summed E-state index contributed by atoms with van der Waals surface area (Å²) in [5.74, 6) is -1.06. The van der Waals surface area contributed by atoms with Crippen molar-refractivity contribution in [2.45, 2.75) is 13.0 Å². The van der Waals surface area contributed by atoms with E-state index in [2.05, 4.69) is 0 Å². The van der Waals surface area contributed by atoms with Gasteiger partial charge in [-0.2, -0.15) is 0 Å². The van der Waals surface area contributed by atoms with Crippen LogP contribution < -0.4 is 4.74 Å². The van der Waals surface area contributed by atoms with E-state index in [0.717, 1.165) is 4.90 Å². The number of rotatable bonds is 6. The molecular weight excluding hydrogens is 358 g/mol. The summed E-state index contributed by atoms with van der Waals surface area (Å²) in [6, 6.07) is 12.2. The minimum atomic E-state index is -1.02. The van der Waals surface area contributed by atoms with Gasteiger partial charge >= 0.3 is 5.97 Å². The van der Waals surface area contributed by atoms with Crippen molar-refractivity contribution in [1.29, 1.82) is 0 Å². The molecule has 3 rings (SSSR count). The van der Waals surface area contributed by atoms with E-state index in [-0.39, 0.29) is 13.2 Å². The van der Waals surface area contributed by atoms with Crippen LogP contribution in [0.4, 0.5) is 0 Å². The predicted octanol–water partition coefficient (Wildman–Crippen LogP) is 2.95. The monoisotopic (exact) mass is 373 g/mol. The molecule has 2 aromatic carbocycles. The molecule has 0 aliphatic carbocycles. The lowest BCUT2D eigenvalue weighted by atomic mass is 10.1. The fourth-order valence-corrected chi connectivity index (χ4v) is 2.74. The van der Waals surface area contributed by atoms with Crippen LogP contribution in [0.1, 0.15) is 27.6 Å². The van der Waals surface area contributed by atoms with Crippen LogP contribution in [0.2, 0.25) is 5.02 Å². The number of benzene rings is 2. The molecule has 0 radical (unpaired) electrons. The number of hydrogen-bond donors (Lipinski definition) is 0. The maximum atomic E-state index is 12.4. The van der Waals surface area contributed by atoms with E-state index in [1.807, 2.05) is 0 Å². The number of esters is 1. The number of fused-ring (bicyclic) bond motifs is 1. The first-order valence-electron chi connectivity index (χ1n) is 8.01. The second-order valence-electron chi connectivity index (χ2n) is 5.67. The van der Waals surface area contributed by atoms with Crippen LogP contribution in [0.25, 0.3) is 0 Å². The van der Waals surface area contributed by atoms with Crippen LogP contribution in [0, 0.1) is 0 Å². The van der Waals surface area contributed by atoms with Crippen molar-refractivity contribution in [1.82, 2.24) is 4.90 Å². The molecule has 1 aliphatic heterocycles. The fourth-order valence-electron chi connectivity index (χ4n) is 2.62. The highest BCUT2D eigenvalue weighted by molar-refractivity contribution is 6.30. The number of amides is 2. The van der Waals surface area contributed by atoms with Gasteiger partial charge in [0.15, 0.2) is 0 Å². The Kier molecular flexibility index (Phi) is 5.23. The zero-order valence-corrected chi connectivity index (χ0v) is 14.7. The van der Waals surface area contributed by atoms with Gasteiger partial charge in [-0.1, -0.05) is 23.7 Å². The van der Waals surface area contributed by atoms with Crippen LogP contribution in [0.3, 0.4) is 0 Å². The number of carbonyl (C=O) groups is 3. The molecule has 2 amide bonds.